The Morgan fingerprint density at radius 3 is 3.00 bits per heavy atom. The van der Waals surface area contributed by atoms with Gasteiger partial charge in [0.25, 0.3) is 0 Å². The number of likely N-dealkylation sites (N-methyl/N-ethyl adjacent to an activating group) is 1. The van der Waals surface area contributed by atoms with Crippen LogP contribution in [-0.4, -0.2) is 50.7 Å². The SMILES string of the molecule is CN1CCNC(CNCCc2ccc(F)cc2F)C1. The molecule has 1 fully saturated rings. The van der Waals surface area contributed by atoms with E-state index in [0.717, 1.165) is 32.2 Å². The van der Waals surface area contributed by atoms with Gasteiger partial charge >= 0.3 is 0 Å². The van der Waals surface area contributed by atoms with E-state index in [0.29, 0.717) is 24.6 Å². The third-order valence-corrected chi connectivity index (χ3v) is 3.44. The minimum absolute atomic E-state index is 0.441. The summed E-state index contributed by atoms with van der Waals surface area (Å²) in [5, 5.41) is 6.76. The largest absolute Gasteiger partial charge is 0.315 e. The third kappa shape index (κ3) is 4.53. The Morgan fingerprint density at radius 1 is 1.42 bits per heavy atom. The number of halogens is 2. The lowest BCUT2D eigenvalue weighted by Crippen LogP contribution is -2.53. The highest BCUT2D eigenvalue weighted by molar-refractivity contribution is 5.18. The summed E-state index contributed by atoms with van der Waals surface area (Å²) in [6, 6.07) is 4.19. The average molecular weight is 269 g/mol. The van der Waals surface area contributed by atoms with Crippen molar-refractivity contribution in [1.82, 2.24) is 15.5 Å². The molecule has 5 heteroatoms. The Labute approximate surface area is 113 Å². The summed E-state index contributed by atoms with van der Waals surface area (Å²) in [5.41, 5.74) is 0.558. The predicted molar refractivity (Wildman–Crippen MR) is 72.2 cm³/mol. The van der Waals surface area contributed by atoms with E-state index in [4.69, 9.17) is 0 Å². The van der Waals surface area contributed by atoms with Gasteiger partial charge in [0.15, 0.2) is 0 Å². The molecule has 0 spiro atoms. The van der Waals surface area contributed by atoms with Gasteiger partial charge in [0.2, 0.25) is 0 Å². The van der Waals surface area contributed by atoms with Crippen LogP contribution in [0.25, 0.3) is 0 Å². The first-order chi connectivity index (χ1) is 9.15. The van der Waals surface area contributed by atoms with E-state index < -0.39 is 11.6 Å². The van der Waals surface area contributed by atoms with Crippen LogP contribution in [0, 0.1) is 11.6 Å². The smallest absolute Gasteiger partial charge is 0.129 e. The molecule has 0 bridgehead atoms. The normalized spacial score (nSPS) is 20.7. The van der Waals surface area contributed by atoms with Gasteiger partial charge in [-0.05, 0) is 31.6 Å². The first kappa shape index (κ1) is 14.4. The van der Waals surface area contributed by atoms with Gasteiger partial charge in [-0.1, -0.05) is 6.07 Å². The summed E-state index contributed by atoms with van der Waals surface area (Å²) in [7, 11) is 2.11. The predicted octanol–water partition coefficient (Wildman–Crippen LogP) is 1.00. The summed E-state index contributed by atoms with van der Waals surface area (Å²) >= 11 is 0. The van der Waals surface area contributed by atoms with Crippen molar-refractivity contribution in [3.8, 4) is 0 Å². The Bertz CT molecular complexity index is 412. The van der Waals surface area contributed by atoms with Crippen LogP contribution in [0.1, 0.15) is 5.56 Å². The van der Waals surface area contributed by atoms with Crippen LogP contribution >= 0.6 is 0 Å². The van der Waals surface area contributed by atoms with Crippen molar-refractivity contribution in [1.29, 1.82) is 0 Å². The standard InChI is InChI=1S/C14H21F2N3/c1-19-7-6-18-13(10-19)9-17-5-4-11-2-3-12(15)8-14(11)16/h2-3,8,13,17-18H,4-7,9-10H2,1H3. The molecule has 106 valence electrons. The van der Waals surface area contributed by atoms with Crippen LogP contribution in [0.5, 0.6) is 0 Å². The number of nitrogens with zero attached hydrogens (tertiary/aromatic N) is 1. The fraction of sp³-hybridized carbons (Fsp3) is 0.571. The lowest BCUT2D eigenvalue weighted by molar-refractivity contribution is 0.235. The minimum atomic E-state index is -0.524. The summed E-state index contributed by atoms with van der Waals surface area (Å²) in [5.74, 6) is -0.985. The van der Waals surface area contributed by atoms with Crippen LogP contribution in [0.4, 0.5) is 8.78 Å². The van der Waals surface area contributed by atoms with Crippen molar-refractivity contribution in [2.24, 2.45) is 0 Å². The van der Waals surface area contributed by atoms with Crippen molar-refractivity contribution in [3.05, 3.63) is 35.4 Å². The molecule has 3 nitrogen and oxygen atoms in total. The molecule has 0 aliphatic carbocycles. The van der Waals surface area contributed by atoms with Crippen LogP contribution in [0.15, 0.2) is 18.2 Å². The molecule has 1 aliphatic heterocycles. The zero-order valence-corrected chi connectivity index (χ0v) is 11.3. The molecule has 1 aliphatic rings. The maximum absolute atomic E-state index is 13.4. The molecule has 1 atom stereocenters. The minimum Gasteiger partial charge on any atom is -0.315 e. The van der Waals surface area contributed by atoms with Crippen molar-refractivity contribution in [2.45, 2.75) is 12.5 Å². The van der Waals surface area contributed by atoms with Crippen molar-refractivity contribution < 1.29 is 8.78 Å². The van der Waals surface area contributed by atoms with E-state index in [1.807, 2.05) is 0 Å². The first-order valence-corrected chi connectivity index (χ1v) is 6.72. The van der Waals surface area contributed by atoms with E-state index in [9.17, 15) is 8.78 Å². The molecule has 2 N–H and O–H groups in total. The molecule has 0 radical (unpaired) electrons. The molecular weight excluding hydrogens is 248 g/mol. The Kier molecular flexibility index (Phi) is 5.24. The zero-order chi connectivity index (χ0) is 13.7. The van der Waals surface area contributed by atoms with Gasteiger partial charge in [0.05, 0.1) is 0 Å². The van der Waals surface area contributed by atoms with Gasteiger partial charge < -0.3 is 15.5 Å². The molecule has 1 aromatic rings. The lowest BCUT2D eigenvalue weighted by atomic mass is 10.1. The number of hydrogen-bond donors (Lipinski definition) is 2. The molecule has 19 heavy (non-hydrogen) atoms. The Morgan fingerprint density at radius 2 is 2.26 bits per heavy atom. The van der Waals surface area contributed by atoms with Gasteiger partial charge in [-0.3, -0.25) is 0 Å². The van der Waals surface area contributed by atoms with E-state index in [1.165, 1.54) is 12.1 Å². The Hall–Kier alpha value is -1.04. The molecule has 0 saturated carbocycles. The lowest BCUT2D eigenvalue weighted by Gasteiger charge is -2.31. The molecule has 1 heterocycles. The fourth-order valence-corrected chi connectivity index (χ4v) is 2.35. The number of rotatable bonds is 5. The van der Waals surface area contributed by atoms with Crippen LogP contribution in [0.2, 0.25) is 0 Å². The van der Waals surface area contributed by atoms with Gasteiger partial charge in [-0.2, -0.15) is 0 Å². The number of nitrogens with one attached hydrogen (secondary N) is 2. The van der Waals surface area contributed by atoms with Crippen molar-refractivity contribution in [3.63, 3.8) is 0 Å². The average Bonchev–Trinajstić information content (AvgIpc) is 2.37. The van der Waals surface area contributed by atoms with E-state index >= 15 is 0 Å². The van der Waals surface area contributed by atoms with Gasteiger partial charge in [0.1, 0.15) is 11.6 Å². The van der Waals surface area contributed by atoms with Gasteiger partial charge in [0, 0.05) is 38.3 Å². The summed E-state index contributed by atoms with van der Waals surface area (Å²) in [6.45, 7) is 4.68. The van der Waals surface area contributed by atoms with Crippen molar-refractivity contribution >= 4 is 0 Å². The quantitative estimate of drug-likeness (QED) is 0.781. The van der Waals surface area contributed by atoms with E-state index in [2.05, 4.69) is 22.6 Å². The van der Waals surface area contributed by atoms with Gasteiger partial charge in [-0.15, -0.1) is 0 Å². The first-order valence-electron chi connectivity index (χ1n) is 6.72. The van der Waals surface area contributed by atoms with Crippen LogP contribution in [-0.2, 0) is 6.42 Å². The highest BCUT2D eigenvalue weighted by atomic mass is 19.1. The monoisotopic (exact) mass is 269 g/mol. The molecule has 0 amide bonds. The molecular formula is C14H21F2N3. The van der Waals surface area contributed by atoms with Crippen LogP contribution < -0.4 is 10.6 Å². The molecule has 1 saturated heterocycles. The molecule has 0 aromatic heterocycles. The molecule has 1 aromatic carbocycles. The highest BCUT2D eigenvalue weighted by Crippen LogP contribution is 2.09. The summed E-state index contributed by atoms with van der Waals surface area (Å²) < 4.78 is 26.1. The number of benzene rings is 1. The number of hydrogen-bond acceptors (Lipinski definition) is 3. The van der Waals surface area contributed by atoms with Crippen LogP contribution in [0.3, 0.4) is 0 Å². The molecule has 1 unspecified atom stereocenters. The topological polar surface area (TPSA) is 27.3 Å². The second-order valence-corrected chi connectivity index (χ2v) is 5.10. The van der Waals surface area contributed by atoms with E-state index in [-0.39, 0.29) is 0 Å². The number of piperazine rings is 1. The second-order valence-electron chi connectivity index (χ2n) is 5.10. The third-order valence-electron chi connectivity index (χ3n) is 3.44. The Balaban J connectivity index is 1.69. The summed E-state index contributed by atoms with van der Waals surface area (Å²) in [4.78, 5) is 2.29. The summed E-state index contributed by atoms with van der Waals surface area (Å²) in [6.07, 6.45) is 0.578. The second kappa shape index (κ2) is 6.93. The highest BCUT2D eigenvalue weighted by Gasteiger charge is 2.15. The molecule has 2 rings (SSSR count). The fourth-order valence-electron chi connectivity index (χ4n) is 2.35. The van der Waals surface area contributed by atoms with Crippen molar-refractivity contribution in [2.75, 3.05) is 39.8 Å². The van der Waals surface area contributed by atoms with Gasteiger partial charge in [-0.25, -0.2) is 8.78 Å². The maximum Gasteiger partial charge on any atom is 0.129 e. The van der Waals surface area contributed by atoms with E-state index in [1.54, 1.807) is 0 Å². The maximum atomic E-state index is 13.4. The zero-order valence-electron chi connectivity index (χ0n) is 11.3.